The van der Waals surface area contributed by atoms with Crippen molar-refractivity contribution in [3.63, 3.8) is 0 Å². The number of ether oxygens (including phenoxy) is 1. The lowest BCUT2D eigenvalue weighted by molar-refractivity contribution is -0.120. The van der Waals surface area contributed by atoms with Gasteiger partial charge in [-0.25, -0.2) is 4.79 Å². The fourth-order valence-corrected chi connectivity index (χ4v) is 5.99. The second-order valence-corrected chi connectivity index (χ2v) is 9.21. The molecule has 0 heterocycles. The minimum Gasteiger partial charge on any atom is -0.495 e. The van der Waals surface area contributed by atoms with Crippen molar-refractivity contribution in [1.29, 1.82) is 0 Å². The Labute approximate surface area is 166 Å². The van der Waals surface area contributed by atoms with E-state index in [0.29, 0.717) is 5.75 Å². The van der Waals surface area contributed by atoms with E-state index in [0.717, 1.165) is 48.3 Å². The van der Waals surface area contributed by atoms with Gasteiger partial charge in [0.1, 0.15) is 11.8 Å². The molecule has 4 fully saturated rings. The normalized spacial score (nSPS) is 31.2. The molecular formula is C22H31N3O3. The summed E-state index contributed by atoms with van der Waals surface area (Å²) in [6.45, 7) is 3.73. The molecule has 0 aromatic heterocycles. The highest BCUT2D eigenvalue weighted by atomic mass is 16.5. The Kier molecular flexibility index (Phi) is 4.98. The average molecular weight is 386 g/mol. The van der Waals surface area contributed by atoms with Gasteiger partial charge in [-0.2, -0.15) is 0 Å². The van der Waals surface area contributed by atoms with E-state index in [1.165, 1.54) is 19.3 Å². The molecule has 0 saturated heterocycles. The molecular weight excluding hydrogens is 354 g/mol. The second-order valence-electron chi connectivity index (χ2n) is 9.21. The lowest BCUT2D eigenvalue weighted by atomic mass is 9.53. The quantitative estimate of drug-likeness (QED) is 0.724. The van der Waals surface area contributed by atoms with E-state index in [2.05, 4.69) is 16.0 Å². The maximum atomic E-state index is 12.6. The molecule has 3 N–H and O–H groups in total. The summed E-state index contributed by atoms with van der Waals surface area (Å²) in [5.74, 6) is 2.57. The summed E-state index contributed by atoms with van der Waals surface area (Å²) in [5.41, 5.74) is 1.71. The summed E-state index contributed by atoms with van der Waals surface area (Å²) >= 11 is 0. The van der Waals surface area contributed by atoms with Crippen molar-refractivity contribution < 1.29 is 14.3 Å². The Balaban J connectivity index is 1.34. The molecule has 0 radical (unpaired) electrons. The molecule has 6 heteroatoms. The summed E-state index contributed by atoms with van der Waals surface area (Å²) in [4.78, 5) is 25.1. The van der Waals surface area contributed by atoms with Gasteiger partial charge in [0.25, 0.3) is 0 Å². The molecule has 1 aromatic rings. The first-order valence-corrected chi connectivity index (χ1v) is 10.4. The lowest BCUT2D eigenvalue weighted by Crippen LogP contribution is -2.62. The summed E-state index contributed by atoms with van der Waals surface area (Å²) in [6, 6.07) is 4.82. The number of nitrogens with one attached hydrogen (secondary N) is 3. The summed E-state index contributed by atoms with van der Waals surface area (Å²) in [6.07, 6.45) is 7.15. The number of benzene rings is 1. The molecule has 4 saturated carbocycles. The minimum atomic E-state index is -0.558. The Hall–Kier alpha value is -2.24. The molecule has 4 bridgehead atoms. The van der Waals surface area contributed by atoms with E-state index in [4.69, 9.17) is 4.74 Å². The van der Waals surface area contributed by atoms with Gasteiger partial charge < -0.3 is 15.4 Å². The first-order valence-electron chi connectivity index (χ1n) is 10.4. The van der Waals surface area contributed by atoms with E-state index in [-0.39, 0.29) is 17.5 Å². The van der Waals surface area contributed by atoms with Crippen LogP contribution < -0.4 is 20.7 Å². The van der Waals surface area contributed by atoms with Gasteiger partial charge in [-0.15, -0.1) is 0 Å². The van der Waals surface area contributed by atoms with Crippen molar-refractivity contribution in [1.82, 2.24) is 10.6 Å². The molecule has 1 aromatic carbocycles. The molecule has 0 unspecified atom stereocenters. The third-order valence-electron chi connectivity index (χ3n) is 6.77. The van der Waals surface area contributed by atoms with Gasteiger partial charge in [0, 0.05) is 5.54 Å². The van der Waals surface area contributed by atoms with Gasteiger partial charge >= 0.3 is 6.03 Å². The number of anilines is 1. The third-order valence-corrected chi connectivity index (χ3v) is 6.77. The van der Waals surface area contributed by atoms with Gasteiger partial charge in [-0.05, 0) is 87.8 Å². The number of hydrogen-bond acceptors (Lipinski definition) is 4. The molecule has 0 spiro atoms. The largest absolute Gasteiger partial charge is 0.495 e. The fraction of sp³-hybridized carbons (Fsp3) is 0.636. The van der Waals surface area contributed by atoms with Gasteiger partial charge in [-0.3, -0.25) is 10.1 Å². The molecule has 3 amide bonds. The van der Waals surface area contributed by atoms with E-state index in [1.54, 1.807) is 14.0 Å². The van der Waals surface area contributed by atoms with E-state index in [9.17, 15) is 9.59 Å². The molecule has 6 nitrogen and oxygen atoms in total. The van der Waals surface area contributed by atoms with E-state index < -0.39 is 6.04 Å². The van der Waals surface area contributed by atoms with Gasteiger partial charge in [0.2, 0.25) is 5.91 Å². The Morgan fingerprint density at radius 1 is 1.11 bits per heavy atom. The van der Waals surface area contributed by atoms with Crippen LogP contribution in [-0.2, 0) is 4.79 Å². The van der Waals surface area contributed by atoms with E-state index in [1.807, 2.05) is 25.1 Å². The summed E-state index contributed by atoms with van der Waals surface area (Å²) in [5, 5.41) is 8.87. The number of carbonyl (C=O) groups is 2. The first-order chi connectivity index (χ1) is 13.4. The zero-order valence-corrected chi connectivity index (χ0v) is 17.0. The van der Waals surface area contributed by atoms with Crippen LogP contribution in [0.3, 0.4) is 0 Å². The number of methoxy groups -OCH3 is 1. The molecule has 28 heavy (non-hydrogen) atoms. The van der Waals surface area contributed by atoms with Crippen molar-refractivity contribution in [3.05, 3.63) is 23.8 Å². The average Bonchev–Trinajstić information content (AvgIpc) is 2.60. The Morgan fingerprint density at radius 3 is 2.29 bits per heavy atom. The van der Waals surface area contributed by atoms with Crippen LogP contribution in [0.4, 0.5) is 10.5 Å². The van der Waals surface area contributed by atoms with Crippen LogP contribution in [0, 0.1) is 24.7 Å². The van der Waals surface area contributed by atoms with Crippen LogP contribution >= 0.6 is 0 Å². The van der Waals surface area contributed by atoms with E-state index >= 15 is 0 Å². The van der Waals surface area contributed by atoms with Gasteiger partial charge in [0.05, 0.1) is 12.8 Å². The fourth-order valence-electron chi connectivity index (χ4n) is 5.99. The predicted octanol–water partition coefficient (Wildman–Crippen LogP) is 3.60. The number of hydrogen-bond donors (Lipinski definition) is 3. The van der Waals surface area contributed by atoms with Crippen molar-refractivity contribution in [3.8, 4) is 5.75 Å². The maximum absolute atomic E-state index is 12.6. The summed E-state index contributed by atoms with van der Waals surface area (Å²) < 4.78 is 5.35. The Morgan fingerprint density at radius 2 is 1.71 bits per heavy atom. The molecule has 0 aliphatic heterocycles. The minimum absolute atomic E-state index is 0.102. The number of amides is 3. The number of aryl methyl sites for hydroxylation is 1. The molecule has 1 atom stereocenters. The Bertz CT molecular complexity index is 741. The van der Waals surface area contributed by atoms with Gasteiger partial charge in [-0.1, -0.05) is 6.07 Å². The monoisotopic (exact) mass is 385 g/mol. The SMILES string of the molecule is COc1ccc(C)cc1N[C@@H](C)C(=O)NC(=O)NC12CC3CC(CC(C3)C1)C2. The van der Waals surface area contributed by atoms with Crippen LogP contribution in [0.1, 0.15) is 51.0 Å². The number of urea groups is 1. The smallest absolute Gasteiger partial charge is 0.321 e. The van der Waals surface area contributed by atoms with Crippen LogP contribution in [0.2, 0.25) is 0 Å². The first kappa shape index (κ1) is 19.1. The molecule has 4 aliphatic carbocycles. The number of carbonyl (C=O) groups excluding carboxylic acids is 2. The molecule has 4 aliphatic rings. The zero-order chi connectivity index (χ0) is 19.9. The number of rotatable bonds is 5. The van der Waals surface area contributed by atoms with Crippen LogP contribution in [0.15, 0.2) is 18.2 Å². The predicted molar refractivity (Wildman–Crippen MR) is 108 cm³/mol. The second kappa shape index (κ2) is 7.30. The summed E-state index contributed by atoms with van der Waals surface area (Å²) in [7, 11) is 1.60. The van der Waals surface area contributed by atoms with Crippen LogP contribution in [-0.4, -0.2) is 30.6 Å². The number of imide groups is 1. The van der Waals surface area contributed by atoms with Crippen molar-refractivity contribution in [2.45, 2.75) is 64.0 Å². The van der Waals surface area contributed by atoms with Gasteiger partial charge in [0.15, 0.2) is 0 Å². The zero-order valence-electron chi connectivity index (χ0n) is 17.0. The highest BCUT2D eigenvalue weighted by Crippen LogP contribution is 2.55. The van der Waals surface area contributed by atoms with Crippen molar-refractivity contribution >= 4 is 17.6 Å². The highest BCUT2D eigenvalue weighted by Gasteiger charge is 2.51. The van der Waals surface area contributed by atoms with Crippen molar-refractivity contribution in [2.75, 3.05) is 12.4 Å². The molecule has 5 rings (SSSR count). The van der Waals surface area contributed by atoms with Crippen LogP contribution in [0.5, 0.6) is 5.75 Å². The topological polar surface area (TPSA) is 79.5 Å². The molecule has 152 valence electrons. The maximum Gasteiger partial charge on any atom is 0.321 e. The van der Waals surface area contributed by atoms with Crippen molar-refractivity contribution in [2.24, 2.45) is 17.8 Å². The highest BCUT2D eigenvalue weighted by molar-refractivity contribution is 5.98. The van der Waals surface area contributed by atoms with Crippen LogP contribution in [0.25, 0.3) is 0 Å². The third kappa shape index (κ3) is 3.82. The standard InChI is InChI=1S/C22H31N3O3/c1-13-4-5-19(28-3)18(6-13)23-14(2)20(26)24-21(27)25-22-10-15-7-16(11-22)9-17(8-15)12-22/h4-6,14-17,23H,7-12H2,1-3H3,(H2,24,25,26,27)/t14-,15?,16?,17?,22?/m0/s1. The lowest BCUT2D eigenvalue weighted by Gasteiger charge is -2.56.